The van der Waals surface area contributed by atoms with Gasteiger partial charge in [-0.3, -0.25) is 4.79 Å². The number of rotatable bonds is 0. The van der Waals surface area contributed by atoms with Gasteiger partial charge >= 0.3 is 0 Å². The van der Waals surface area contributed by atoms with Crippen LogP contribution in [0, 0.1) is 5.92 Å². The minimum Gasteiger partial charge on any atom is -0.389 e. The lowest BCUT2D eigenvalue weighted by Crippen LogP contribution is -2.59. The van der Waals surface area contributed by atoms with Crippen LogP contribution in [0.25, 0.3) is 0 Å². The standard InChI is InChI=1S/C10H18N2O2/c1-8(13)12-5-3-10(14)2-4-11-6-9(10)7-12/h9,11,14H,2-7H2,1H3/t9-,10-/m0/s1. The molecule has 2 fully saturated rings. The Morgan fingerprint density at radius 1 is 1.57 bits per heavy atom. The Labute approximate surface area is 84.3 Å². The zero-order valence-corrected chi connectivity index (χ0v) is 8.62. The topological polar surface area (TPSA) is 52.6 Å². The Balaban J connectivity index is 2.05. The van der Waals surface area contributed by atoms with E-state index in [1.165, 1.54) is 0 Å². The van der Waals surface area contributed by atoms with Gasteiger partial charge in [-0.05, 0) is 19.4 Å². The van der Waals surface area contributed by atoms with E-state index in [4.69, 9.17) is 0 Å². The Morgan fingerprint density at radius 2 is 2.36 bits per heavy atom. The van der Waals surface area contributed by atoms with Crippen molar-refractivity contribution < 1.29 is 9.90 Å². The number of fused-ring (bicyclic) bond motifs is 1. The molecule has 0 aromatic carbocycles. The maximum Gasteiger partial charge on any atom is 0.219 e. The molecule has 0 aromatic rings. The van der Waals surface area contributed by atoms with Crippen molar-refractivity contribution in [3.05, 3.63) is 0 Å². The molecule has 4 heteroatoms. The third-order valence-corrected chi connectivity index (χ3v) is 3.59. The molecular formula is C10H18N2O2. The molecule has 0 unspecified atom stereocenters. The molecule has 0 aliphatic carbocycles. The summed E-state index contributed by atoms with van der Waals surface area (Å²) >= 11 is 0. The van der Waals surface area contributed by atoms with Crippen LogP contribution in [0.1, 0.15) is 19.8 Å². The van der Waals surface area contributed by atoms with E-state index in [1.807, 2.05) is 4.90 Å². The van der Waals surface area contributed by atoms with Crippen molar-refractivity contribution in [2.75, 3.05) is 26.2 Å². The molecule has 0 aromatic heterocycles. The second kappa shape index (κ2) is 3.51. The summed E-state index contributed by atoms with van der Waals surface area (Å²) in [5.41, 5.74) is -0.517. The third-order valence-electron chi connectivity index (χ3n) is 3.59. The monoisotopic (exact) mass is 198 g/mol. The molecule has 2 atom stereocenters. The van der Waals surface area contributed by atoms with E-state index in [1.54, 1.807) is 6.92 Å². The second-order valence-electron chi connectivity index (χ2n) is 4.47. The Hall–Kier alpha value is -0.610. The minimum atomic E-state index is -0.517. The predicted octanol–water partition coefficient (Wildman–Crippen LogP) is -0.421. The molecule has 0 spiro atoms. The summed E-state index contributed by atoms with van der Waals surface area (Å²) < 4.78 is 0. The first-order chi connectivity index (χ1) is 6.62. The molecule has 80 valence electrons. The quantitative estimate of drug-likeness (QED) is 0.556. The molecule has 0 radical (unpaired) electrons. The van der Waals surface area contributed by atoms with Gasteiger partial charge in [-0.25, -0.2) is 0 Å². The van der Waals surface area contributed by atoms with Crippen molar-refractivity contribution in [1.82, 2.24) is 10.2 Å². The van der Waals surface area contributed by atoms with E-state index >= 15 is 0 Å². The highest BCUT2D eigenvalue weighted by Crippen LogP contribution is 2.32. The van der Waals surface area contributed by atoms with Gasteiger partial charge in [0, 0.05) is 32.5 Å². The maximum absolute atomic E-state index is 11.2. The third kappa shape index (κ3) is 1.64. The molecule has 4 nitrogen and oxygen atoms in total. The van der Waals surface area contributed by atoms with Crippen molar-refractivity contribution in [2.45, 2.75) is 25.4 Å². The highest BCUT2D eigenvalue weighted by atomic mass is 16.3. The maximum atomic E-state index is 11.2. The van der Waals surface area contributed by atoms with Crippen LogP contribution in [0.4, 0.5) is 0 Å². The molecule has 0 saturated carbocycles. The van der Waals surface area contributed by atoms with Gasteiger partial charge < -0.3 is 15.3 Å². The number of likely N-dealkylation sites (tertiary alicyclic amines) is 1. The number of nitrogens with one attached hydrogen (secondary N) is 1. The summed E-state index contributed by atoms with van der Waals surface area (Å²) in [4.78, 5) is 13.0. The van der Waals surface area contributed by atoms with Gasteiger partial charge in [0.2, 0.25) is 5.91 Å². The van der Waals surface area contributed by atoms with Crippen molar-refractivity contribution >= 4 is 5.91 Å². The number of hydrogen-bond acceptors (Lipinski definition) is 3. The lowest BCUT2D eigenvalue weighted by atomic mass is 9.76. The summed E-state index contributed by atoms with van der Waals surface area (Å²) in [6.07, 6.45) is 1.56. The van der Waals surface area contributed by atoms with Gasteiger partial charge in [-0.15, -0.1) is 0 Å². The Bertz CT molecular complexity index is 244. The zero-order valence-electron chi connectivity index (χ0n) is 8.62. The first-order valence-electron chi connectivity index (χ1n) is 5.30. The fourth-order valence-electron chi connectivity index (χ4n) is 2.51. The van der Waals surface area contributed by atoms with E-state index in [0.717, 1.165) is 25.9 Å². The molecule has 2 saturated heterocycles. The van der Waals surface area contributed by atoms with Crippen LogP contribution in [-0.4, -0.2) is 47.7 Å². The lowest BCUT2D eigenvalue weighted by Gasteiger charge is -2.47. The van der Waals surface area contributed by atoms with Crippen LogP contribution < -0.4 is 5.32 Å². The van der Waals surface area contributed by atoms with E-state index in [2.05, 4.69) is 5.32 Å². The first-order valence-corrected chi connectivity index (χ1v) is 5.30. The largest absolute Gasteiger partial charge is 0.389 e. The fourth-order valence-corrected chi connectivity index (χ4v) is 2.51. The van der Waals surface area contributed by atoms with Gasteiger partial charge in [0.25, 0.3) is 0 Å². The number of aliphatic hydroxyl groups is 1. The second-order valence-corrected chi connectivity index (χ2v) is 4.47. The average Bonchev–Trinajstić information content (AvgIpc) is 2.16. The number of hydrogen-bond donors (Lipinski definition) is 2. The Morgan fingerprint density at radius 3 is 3.07 bits per heavy atom. The zero-order chi connectivity index (χ0) is 10.2. The Kier molecular flexibility index (Phi) is 2.49. The summed E-state index contributed by atoms with van der Waals surface area (Å²) in [7, 11) is 0. The fraction of sp³-hybridized carbons (Fsp3) is 0.900. The smallest absolute Gasteiger partial charge is 0.219 e. The summed E-state index contributed by atoms with van der Waals surface area (Å²) in [5.74, 6) is 0.339. The number of carbonyl (C=O) groups is 1. The van der Waals surface area contributed by atoms with E-state index in [-0.39, 0.29) is 11.8 Å². The van der Waals surface area contributed by atoms with Crippen LogP contribution in [0.3, 0.4) is 0 Å². The SMILES string of the molecule is CC(=O)N1CC[C@@]2(O)CCNC[C@H]2C1. The van der Waals surface area contributed by atoms with Crippen LogP contribution in [0.15, 0.2) is 0 Å². The number of amides is 1. The van der Waals surface area contributed by atoms with Gasteiger partial charge in [0.05, 0.1) is 5.60 Å². The number of nitrogens with zero attached hydrogens (tertiary/aromatic N) is 1. The molecule has 1 amide bonds. The summed E-state index contributed by atoms with van der Waals surface area (Å²) in [6, 6.07) is 0. The van der Waals surface area contributed by atoms with Gasteiger partial charge in [-0.1, -0.05) is 0 Å². The number of carbonyl (C=O) groups excluding carboxylic acids is 1. The lowest BCUT2D eigenvalue weighted by molar-refractivity contribution is -0.139. The summed E-state index contributed by atoms with van der Waals surface area (Å²) in [6.45, 7) is 4.75. The molecule has 2 rings (SSSR count). The molecule has 2 aliphatic heterocycles. The van der Waals surface area contributed by atoms with Crippen LogP contribution >= 0.6 is 0 Å². The van der Waals surface area contributed by atoms with E-state index in [0.29, 0.717) is 13.1 Å². The molecular weight excluding hydrogens is 180 g/mol. The average molecular weight is 198 g/mol. The van der Waals surface area contributed by atoms with Crippen molar-refractivity contribution in [1.29, 1.82) is 0 Å². The van der Waals surface area contributed by atoms with Crippen LogP contribution in [-0.2, 0) is 4.79 Å². The minimum absolute atomic E-state index is 0.123. The van der Waals surface area contributed by atoms with Crippen LogP contribution in [0.2, 0.25) is 0 Å². The molecule has 2 N–H and O–H groups in total. The first kappa shape index (κ1) is 9.93. The van der Waals surface area contributed by atoms with Crippen molar-refractivity contribution in [3.8, 4) is 0 Å². The summed E-state index contributed by atoms with van der Waals surface area (Å²) in [5, 5.41) is 13.6. The van der Waals surface area contributed by atoms with Gasteiger partial charge in [-0.2, -0.15) is 0 Å². The number of piperidine rings is 2. The highest BCUT2D eigenvalue weighted by molar-refractivity contribution is 5.73. The molecule has 2 heterocycles. The van der Waals surface area contributed by atoms with Gasteiger partial charge in [0.15, 0.2) is 0 Å². The molecule has 0 bridgehead atoms. The van der Waals surface area contributed by atoms with Gasteiger partial charge in [0.1, 0.15) is 0 Å². The van der Waals surface area contributed by atoms with E-state index in [9.17, 15) is 9.90 Å². The predicted molar refractivity (Wildman–Crippen MR) is 52.8 cm³/mol. The normalized spacial score (nSPS) is 37.9. The van der Waals surface area contributed by atoms with Crippen molar-refractivity contribution in [3.63, 3.8) is 0 Å². The van der Waals surface area contributed by atoms with Crippen molar-refractivity contribution in [2.24, 2.45) is 5.92 Å². The van der Waals surface area contributed by atoms with E-state index < -0.39 is 5.60 Å². The highest BCUT2D eigenvalue weighted by Gasteiger charge is 2.43. The molecule has 14 heavy (non-hydrogen) atoms. The molecule has 2 aliphatic rings. The van der Waals surface area contributed by atoms with Crippen LogP contribution in [0.5, 0.6) is 0 Å².